The molecule has 0 bridgehead atoms. The summed E-state index contributed by atoms with van der Waals surface area (Å²) in [5, 5.41) is 5.77. The van der Waals surface area contributed by atoms with Gasteiger partial charge in [0, 0.05) is 14.6 Å². The molecule has 0 spiro atoms. The van der Waals surface area contributed by atoms with E-state index in [2.05, 4.69) is 32.9 Å². The van der Waals surface area contributed by atoms with Crippen LogP contribution < -0.4 is 5.32 Å². The largest absolute Gasteiger partial charge is 0.326 e. The summed E-state index contributed by atoms with van der Waals surface area (Å²) in [5.74, 6) is -0.0303. The van der Waals surface area contributed by atoms with Crippen LogP contribution in [-0.4, -0.2) is 10.9 Å². The molecule has 88 valence electrons. The second-order valence-electron chi connectivity index (χ2n) is 3.59. The predicted octanol–water partition coefficient (Wildman–Crippen LogP) is 3.24. The van der Waals surface area contributed by atoms with Crippen molar-refractivity contribution in [3.63, 3.8) is 0 Å². The SMILES string of the molecule is Cc1nc(CC(=O)Nc2cccc(I)c2)cs1. The van der Waals surface area contributed by atoms with Gasteiger partial charge in [0.1, 0.15) is 0 Å². The molecule has 0 radical (unpaired) electrons. The third-order valence-corrected chi connectivity index (χ3v) is 3.61. The van der Waals surface area contributed by atoms with E-state index in [9.17, 15) is 4.79 Å². The fourth-order valence-electron chi connectivity index (χ4n) is 1.43. The fourth-order valence-corrected chi connectivity index (χ4v) is 2.58. The van der Waals surface area contributed by atoms with E-state index in [4.69, 9.17) is 0 Å². The van der Waals surface area contributed by atoms with Gasteiger partial charge in [-0.3, -0.25) is 4.79 Å². The van der Waals surface area contributed by atoms with Crippen molar-refractivity contribution in [1.29, 1.82) is 0 Å². The van der Waals surface area contributed by atoms with Crippen LogP contribution >= 0.6 is 33.9 Å². The number of carbonyl (C=O) groups is 1. The number of hydrogen-bond donors (Lipinski definition) is 1. The van der Waals surface area contributed by atoms with Crippen LogP contribution in [0.4, 0.5) is 5.69 Å². The minimum Gasteiger partial charge on any atom is -0.326 e. The second-order valence-corrected chi connectivity index (χ2v) is 5.90. The van der Waals surface area contributed by atoms with E-state index in [1.807, 2.05) is 36.6 Å². The van der Waals surface area contributed by atoms with Crippen LogP contribution in [0.25, 0.3) is 0 Å². The van der Waals surface area contributed by atoms with Crippen molar-refractivity contribution < 1.29 is 4.79 Å². The van der Waals surface area contributed by atoms with E-state index < -0.39 is 0 Å². The highest BCUT2D eigenvalue weighted by Crippen LogP contribution is 2.13. The van der Waals surface area contributed by atoms with Gasteiger partial charge in [0.05, 0.1) is 17.1 Å². The molecule has 1 heterocycles. The summed E-state index contributed by atoms with van der Waals surface area (Å²) < 4.78 is 1.10. The smallest absolute Gasteiger partial charge is 0.230 e. The highest BCUT2D eigenvalue weighted by molar-refractivity contribution is 14.1. The summed E-state index contributed by atoms with van der Waals surface area (Å²) in [6.07, 6.45) is 0.329. The van der Waals surface area contributed by atoms with E-state index in [1.165, 1.54) is 0 Å². The molecule has 5 heteroatoms. The molecule has 3 nitrogen and oxygen atoms in total. The lowest BCUT2D eigenvalue weighted by Crippen LogP contribution is -2.14. The van der Waals surface area contributed by atoms with Crippen molar-refractivity contribution >= 4 is 45.5 Å². The van der Waals surface area contributed by atoms with Gasteiger partial charge in [0.25, 0.3) is 0 Å². The topological polar surface area (TPSA) is 42.0 Å². The molecule has 0 atom stereocenters. The van der Waals surface area contributed by atoms with Gasteiger partial charge >= 0.3 is 0 Å². The van der Waals surface area contributed by atoms with Crippen LogP contribution in [0.15, 0.2) is 29.6 Å². The molecule has 0 aliphatic carbocycles. The number of anilines is 1. The predicted molar refractivity (Wildman–Crippen MR) is 78.3 cm³/mol. The number of aryl methyl sites for hydroxylation is 1. The van der Waals surface area contributed by atoms with E-state index in [0.29, 0.717) is 6.42 Å². The number of amides is 1. The van der Waals surface area contributed by atoms with Crippen molar-refractivity contribution in [2.45, 2.75) is 13.3 Å². The van der Waals surface area contributed by atoms with E-state index in [0.717, 1.165) is 20.0 Å². The molecule has 1 N–H and O–H groups in total. The third kappa shape index (κ3) is 3.78. The lowest BCUT2D eigenvalue weighted by molar-refractivity contribution is -0.115. The van der Waals surface area contributed by atoms with Crippen LogP contribution in [0.5, 0.6) is 0 Å². The number of nitrogens with zero attached hydrogens (tertiary/aromatic N) is 1. The Hall–Kier alpha value is -0.950. The van der Waals surface area contributed by atoms with Gasteiger partial charge in [-0.05, 0) is 47.7 Å². The van der Waals surface area contributed by atoms with Crippen LogP contribution in [0.1, 0.15) is 10.7 Å². The van der Waals surface area contributed by atoms with E-state index >= 15 is 0 Å². The lowest BCUT2D eigenvalue weighted by Gasteiger charge is -2.04. The van der Waals surface area contributed by atoms with Gasteiger partial charge in [-0.1, -0.05) is 6.07 Å². The van der Waals surface area contributed by atoms with Gasteiger partial charge in [-0.15, -0.1) is 11.3 Å². The summed E-state index contributed by atoms with van der Waals surface area (Å²) in [6, 6.07) is 7.72. The van der Waals surface area contributed by atoms with Crippen molar-refractivity contribution in [3.8, 4) is 0 Å². The fraction of sp³-hybridized carbons (Fsp3) is 0.167. The molecule has 1 aromatic heterocycles. The Kier molecular flexibility index (Phi) is 4.11. The Labute approximate surface area is 117 Å². The summed E-state index contributed by atoms with van der Waals surface area (Å²) >= 11 is 3.78. The minimum absolute atomic E-state index is 0.0303. The van der Waals surface area contributed by atoms with E-state index in [1.54, 1.807) is 11.3 Å². The molecule has 2 aromatic rings. The van der Waals surface area contributed by atoms with Crippen LogP contribution in [-0.2, 0) is 11.2 Å². The van der Waals surface area contributed by atoms with Gasteiger partial charge in [-0.2, -0.15) is 0 Å². The molecule has 2 rings (SSSR count). The van der Waals surface area contributed by atoms with Crippen molar-refractivity contribution in [1.82, 2.24) is 4.98 Å². The number of halogens is 1. The number of carbonyl (C=O) groups excluding carboxylic acids is 1. The zero-order valence-electron chi connectivity index (χ0n) is 9.24. The molecule has 0 saturated heterocycles. The molecular weight excluding hydrogens is 347 g/mol. The number of nitrogens with one attached hydrogen (secondary N) is 1. The highest BCUT2D eigenvalue weighted by Gasteiger charge is 2.06. The summed E-state index contributed by atoms with van der Waals surface area (Å²) in [4.78, 5) is 16.0. The first-order valence-corrected chi connectivity index (χ1v) is 7.06. The van der Waals surface area contributed by atoms with E-state index in [-0.39, 0.29) is 5.91 Å². The second kappa shape index (κ2) is 5.59. The quantitative estimate of drug-likeness (QED) is 0.856. The van der Waals surface area contributed by atoms with Gasteiger partial charge < -0.3 is 5.32 Å². The minimum atomic E-state index is -0.0303. The maximum absolute atomic E-state index is 11.8. The summed E-state index contributed by atoms with van der Waals surface area (Å²) in [5.41, 5.74) is 1.66. The van der Waals surface area contributed by atoms with Crippen molar-refractivity contribution in [2.75, 3.05) is 5.32 Å². The Balaban J connectivity index is 1.98. The normalized spacial score (nSPS) is 10.2. The molecule has 0 aliphatic heterocycles. The number of rotatable bonds is 3. The van der Waals surface area contributed by atoms with Crippen molar-refractivity contribution in [3.05, 3.63) is 43.9 Å². The number of thiazole rings is 1. The molecule has 0 unspecified atom stereocenters. The van der Waals surface area contributed by atoms with Crippen LogP contribution in [0, 0.1) is 10.5 Å². The summed E-state index contributed by atoms with van der Waals surface area (Å²) in [6.45, 7) is 1.94. The van der Waals surface area contributed by atoms with Crippen LogP contribution in [0.2, 0.25) is 0 Å². The zero-order chi connectivity index (χ0) is 12.3. The number of hydrogen-bond acceptors (Lipinski definition) is 3. The third-order valence-electron chi connectivity index (χ3n) is 2.12. The Bertz CT molecular complexity index is 539. The molecular formula is C12H11IN2OS. The van der Waals surface area contributed by atoms with Crippen LogP contribution in [0.3, 0.4) is 0 Å². The average molecular weight is 358 g/mol. The molecule has 17 heavy (non-hydrogen) atoms. The maximum Gasteiger partial charge on any atom is 0.230 e. The molecule has 0 fully saturated rings. The molecule has 1 aromatic carbocycles. The molecule has 0 saturated carbocycles. The summed E-state index contributed by atoms with van der Waals surface area (Å²) in [7, 11) is 0. The maximum atomic E-state index is 11.8. The number of aromatic nitrogens is 1. The first-order chi connectivity index (χ1) is 8.13. The Morgan fingerprint density at radius 1 is 1.53 bits per heavy atom. The highest BCUT2D eigenvalue weighted by atomic mass is 127. The lowest BCUT2D eigenvalue weighted by atomic mass is 10.3. The standard InChI is InChI=1S/C12H11IN2OS/c1-8-14-11(7-17-8)6-12(16)15-10-4-2-3-9(13)5-10/h2-5,7H,6H2,1H3,(H,15,16). The van der Waals surface area contributed by atoms with Gasteiger partial charge in [0.15, 0.2) is 0 Å². The Morgan fingerprint density at radius 2 is 2.35 bits per heavy atom. The molecule has 0 aliphatic rings. The number of benzene rings is 1. The zero-order valence-corrected chi connectivity index (χ0v) is 12.2. The van der Waals surface area contributed by atoms with Gasteiger partial charge in [0.2, 0.25) is 5.91 Å². The Morgan fingerprint density at radius 3 is 3.00 bits per heavy atom. The first kappa shape index (κ1) is 12.5. The van der Waals surface area contributed by atoms with Crippen molar-refractivity contribution in [2.24, 2.45) is 0 Å². The van der Waals surface area contributed by atoms with Gasteiger partial charge in [-0.25, -0.2) is 4.98 Å². The monoisotopic (exact) mass is 358 g/mol. The first-order valence-electron chi connectivity index (χ1n) is 5.10. The molecule has 1 amide bonds. The average Bonchev–Trinajstić information content (AvgIpc) is 2.63.